The van der Waals surface area contributed by atoms with Crippen molar-refractivity contribution >= 4 is 23.2 Å². The number of hydrogen-bond donors (Lipinski definition) is 2. The van der Waals surface area contributed by atoms with E-state index in [4.69, 9.17) is 0 Å². The molecule has 0 bridgehead atoms. The van der Waals surface area contributed by atoms with Crippen molar-refractivity contribution in [3.63, 3.8) is 0 Å². The largest absolute Gasteiger partial charge is 0.346 e. The predicted octanol–water partition coefficient (Wildman–Crippen LogP) is 2.68. The molecule has 0 spiro atoms. The van der Waals surface area contributed by atoms with E-state index in [1.54, 1.807) is 17.5 Å². The average molecular weight is 421 g/mol. The number of pyridine rings is 1. The molecule has 2 aromatic heterocycles. The van der Waals surface area contributed by atoms with Crippen molar-refractivity contribution in [1.82, 2.24) is 20.5 Å². The molecular formula is C23H24N4O2S. The first kappa shape index (κ1) is 20.3. The van der Waals surface area contributed by atoms with Gasteiger partial charge in [-0.1, -0.05) is 36.4 Å². The summed E-state index contributed by atoms with van der Waals surface area (Å²) in [6, 6.07) is 16.2. The van der Waals surface area contributed by atoms with Crippen LogP contribution in [0.5, 0.6) is 0 Å². The summed E-state index contributed by atoms with van der Waals surface area (Å²) in [6.07, 6.45) is 4.53. The quantitative estimate of drug-likeness (QED) is 0.602. The Kier molecular flexibility index (Phi) is 6.51. The van der Waals surface area contributed by atoms with Crippen LogP contribution in [-0.2, 0) is 29.1 Å². The number of aromatic nitrogens is 1. The van der Waals surface area contributed by atoms with Gasteiger partial charge in [0.25, 0.3) is 0 Å². The predicted molar refractivity (Wildman–Crippen MR) is 117 cm³/mol. The van der Waals surface area contributed by atoms with Gasteiger partial charge in [0, 0.05) is 36.9 Å². The van der Waals surface area contributed by atoms with Gasteiger partial charge in [0.1, 0.15) is 0 Å². The lowest BCUT2D eigenvalue weighted by Gasteiger charge is -2.35. The Morgan fingerprint density at radius 2 is 1.87 bits per heavy atom. The van der Waals surface area contributed by atoms with E-state index in [1.807, 2.05) is 35.8 Å². The van der Waals surface area contributed by atoms with Crippen molar-refractivity contribution in [2.45, 2.75) is 25.6 Å². The lowest BCUT2D eigenvalue weighted by molar-refractivity contribution is -0.139. The first-order valence-electron chi connectivity index (χ1n) is 10.00. The van der Waals surface area contributed by atoms with Gasteiger partial charge in [0.05, 0.1) is 12.6 Å². The summed E-state index contributed by atoms with van der Waals surface area (Å²) >= 11 is 1.55. The molecule has 154 valence electrons. The molecular weight excluding hydrogens is 396 g/mol. The third-order valence-corrected chi connectivity index (χ3v) is 6.21. The maximum atomic E-state index is 12.4. The van der Waals surface area contributed by atoms with Crippen LogP contribution in [0.25, 0.3) is 0 Å². The molecule has 2 N–H and O–H groups in total. The van der Waals surface area contributed by atoms with Gasteiger partial charge in [0.2, 0.25) is 0 Å². The van der Waals surface area contributed by atoms with E-state index in [9.17, 15) is 9.59 Å². The van der Waals surface area contributed by atoms with Gasteiger partial charge in [-0.2, -0.15) is 0 Å². The first-order chi connectivity index (χ1) is 14.7. The molecule has 1 aromatic carbocycles. The van der Waals surface area contributed by atoms with Gasteiger partial charge >= 0.3 is 11.8 Å². The minimum atomic E-state index is -0.614. The van der Waals surface area contributed by atoms with Gasteiger partial charge in [-0.05, 0) is 40.6 Å². The van der Waals surface area contributed by atoms with Gasteiger partial charge in [-0.3, -0.25) is 19.5 Å². The lowest BCUT2D eigenvalue weighted by atomic mass is 9.97. The van der Waals surface area contributed by atoms with Crippen molar-refractivity contribution in [1.29, 1.82) is 0 Å². The highest BCUT2D eigenvalue weighted by Crippen LogP contribution is 2.27. The van der Waals surface area contributed by atoms with Crippen LogP contribution < -0.4 is 10.6 Å². The maximum absolute atomic E-state index is 12.4. The topological polar surface area (TPSA) is 74.3 Å². The average Bonchev–Trinajstić information content (AvgIpc) is 3.32. The van der Waals surface area contributed by atoms with Crippen LogP contribution >= 0.6 is 11.3 Å². The highest BCUT2D eigenvalue weighted by Gasteiger charge is 2.26. The lowest BCUT2D eigenvalue weighted by Crippen LogP contribution is -2.45. The molecule has 0 radical (unpaired) electrons. The summed E-state index contributed by atoms with van der Waals surface area (Å²) in [7, 11) is 0. The second-order valence-corrected chi connectivity index (χ2v) is 8.30. The summed E-state index contributed by atoms with van der Waals surface area (Å²) < 4.78 is 0. The number of benzene rings is 1. The first-order valence-corrected chi connectivity index (χ1v) is 10.9. The summed E-state index contributed by atoms with van der Waals surface area (Å²) in [5.74, 6) is -1.23. The number of carbonyl (C=O) groups excluding carboxylic acids is 2. The standard InChI is InChI=1S/C23H24N4O2S/c28-22(25-14-20-8-4-12-30-20)23(29)26-15-21(18-7-3-10-24-13-18)27-11-9-17-5-1-2-6-19(17)16-27/h1-8,10,12-13,21H,9,11,14-16H2,(H,25,28)(H,26,29). The Labute approximate surface area is 180 Å². The van der Waals surface area contributed by atoms with E-state index in [-0.39, 0.29) is 6.04 Å². The summed E-state index contributed by atoms with van der Waals surface area (Å²) in [5, 5.41) is 7.43. The number of hydrogen-bond acceptors (Lipinski definition) is 5. The van der Waals surface area contributed by atoms with E-state index >= 15 is 0 Å². The van der Waals surface area contributed by atoms with Crippen molar-refractivity contribution in [3.8, 4) is 0 Å². The second-order valence-electron chi connectivity index (χ2n) is 7.26. The third-order valence-electron chi connectivity index (χ3n) is 5.34. The van der Waals surface area contributed by atoms with E-state index in [0.717, 1.165) is 30.0 Å². The van der Waals surface area contributed by atoms with E-state index in [0.29, 0.717) is 13.1 Å². The normalized spacial score (nSPS) is 14.5. The molecule has 0 fully saturated rings. The molecule has 1 atom stereocenters. The molecule has 0 saturated carbocycles. The summed E-state index contributed by atoms with van der Waals surface area (Å²) in [6.45, 7) is 2.39. The van der Waals surface area contributed by atoms with Crippen LogP contribution in [0.1, 0.15) is 27.6 Å². The third kappa shape index (κ3) is 4.93. The highest BCUT2D eigenvalue weighted by molar-refractivity contribution is 7.09. The summed E-state index contributed by atoms with van der Waals surface area (Å²) in [4.78, 5) is 32.1. The zero-order valence-electron chi connectivity index (χ0n) is 16.6. The minimum Gasteiger partial charge on any atom is -0.346 e. The number of thiophene rings is 1. The maximum Gasteiger partial charge on any atom is 0.309 e. The molecule has 1 unspecified atom stereocenters. The highest BCUT2D eigenvalue weighted by atomic mass is 32.1. The molecule has 3 aromatic rings. The zero-order valence-corrected chi connectivity index (χ0v) is 17.4. The van der Waals surface area contributed by atoms with Crippen molar-refractivity contribution in [2.75, 3.05) is 13.1 Å². The monoisotopic (exact) mass is 420 g/mol. The molecule has 2 amide bonds. The minimum absolute atomic E-state index is 0.0545. The van der Waals surface area contributed by atoms with Crippen molar-refractivity contribution in [3.05, 3.63) is 87.9 Å². The molecule has 3 heterocycles. The van der Waals surface area contributed by atoms with E-state index in [2.05, 4.69) is 44.8 Å². The van der Waals surface area contributed by atoms with Crippen LogP contribution in [0.15, 0.2) is 66.3 Å². The number of amides is 2. The van der Waals surface area contributed by atoms with Gasteiger partial charge in [-0.25, -0.2) is 0 Å². The van der Waals surface area contributed by atoms with Crippen LogP contribution in [0.2, 0.25) is 0 Å². The molecule has 30 heavy (non-hydrogen) atoms. The number of nitrogens with zero attached hydrogens (tertiary/aromatic N) is 2. The Balaban J connectivity index is 1.41. The molecule has 1 aliphatic rings. The number of carbonyl (C=O) groups is 2. The molecule has 4 rings (SSSR count). The fourth-order valence-corrected chi connectivity index (χ4v) is 4.39. The number of rotatable bonds is 6. The zero-order chi connectivity index (χ0) is 20.8. The second kappa shape index (κ2) is 9.65. The Morgan fingerprint density at radius 3 is 2.63 bits per heavy atom. The Bertz CT molecular complexity index is 991. The van der Waals surface area contributed by atoms with E-state index < -0.39 is 11.8 Å². The fourth-order valence-electron chi connectivity index (χ4n) is 3.74. The van der Waals surface area contributed by atoms with Crippen LogP contribution in [0, 0.1) is 0 Å². The van der Waals surface area contributed by atoms with Crippen LogP contribution in [0.3, 0.4) is 0 Å². The number of nitrogens with one attached hydrogen (secondary N) is 2. The Hall–Kier alpha value is -3.03. The van der Waals surface area contributed by atoms with Crippen molar-refractivity contribution in [2.24, 2.45) is 0 Å². The fraction of sp³-hybridized carbons (Fsp3) is 0.261. The number of fused-ring (bicyclic) bond motifs is 1. The van der Waals surface area contributed by atoms with Gasteiger partial charge < -0.3 is 10.6 Å². The van der Waals surface area contributed by atoms with Crippen LogP contribution in [-0.4, -0.2) is 34.8 Å². The molecule has 7 heteroatoms. The smallest absolute Gasteiger partial charge is 0.309 e. The molecule has 6 nitrogen and oxygen atoms in total. The molecule has 0 aliphatic carbocycles. The summed E-state index contributed by atoms with van der Waals surface area (Å²) in [5.41, 5.74) is 3.70. The van der Waals surface area contributed by atoms with Gasteiger partial charge in [-0.15, -0.1) is 11.3 Å². The van der Waals surface area contributed by atoms with Crippen LogP contribution in [0.4, 0.5) is 0 Å². The van der Waals surface area contributed by atoms with Crippen molar-refractivity contribution < 1.29 is 9.59 Å². The van der Waals surface area contributed by atoms with E-state index in [1.165, 1.54) is 11.1 Å². The SMILES string of the molecule is O=C(NCc1cccs1)C(=O)NCC(c1cccnc1)N1CCc2ccccc2C1. The Morgan fingerprint density at radius 1 is 1.03 bits per heavy atom. The molecule has 1 aliphatic heterocycles. The molecule has 0 saturated heterocycles. The van der Waals surface area contributed by atoms with Gasteiger partial charge in [0.15, 0.2) is 0 Å².